The second-order valence-electron chi connectivity index (χ2n) is 4.33. The maximum absolute atomic E-state index is 11.8. The molecule has 1 aromatic rings. The van der Waals surface area contributed by atoms with Gasteiger partial charge in [-0.25, -0.2) is 8.42 Å². The first-order chi connectivity index (χ1) is 9.74. The highest BCUT2D eigenvalue weighted by atomic mass is 35.5. The summed E-state index contributed by atoms with van der Waals surface area (Å²) in [5.74, 6) is -0.336. The van der Waals surface area contributed by atoms with Gasteiger partial charge in [-0.2, -0.15) is 4.31 Å². The average Bonchev–Trinajstić information content (AvgIpc) is 2.36. The normalized spacial score (nSPS) is 11.4. The summed E-state index contributed by atoms with van der Waals surface area (Å²) in [5, 5.41) is 3.40. The highest BCUT2D eigenvalue weighted by Crippen LogP contribution is 2.25. The summed E-state index contributed by atoms with van der Waals surface area (Å²) in [6.45, 7) is 3.72. The van der Waals surface area contributed by atoms with E-state index in [1.807, 2.05) is 0 Å². The Balaban J connectivity index is 2.63. The van der Waals surface area contributed by atoms with Crippen molar-refractivity contribution in [2.75, 3.05) is 24.7 Å². The van der Waals surface area contributed by atoms with Crippen molar-refractivity contribution in [3.63, 3.8) is 0 Å². The summed E-state index contributed by atoms with van der Waals surface area (Å²) in [5.41, 5.74) is 0.431. The molecule has 1 amide bonds. The van der Waals surface area contributed by atoms with Crippen LogP contribution >= 0.6 is 23.2 Å². The third kappa shape index (κ3) is 6.05. The lowest BCUT2D eigenvalue weighted by atomic mass is 10.3. The van der Waals surface area contributed by atoms with Gasteiger partial charge >= 0.3 is 0 Å². The van der Waals surface area contributed by atoms with Gasteiger partial charge in [0.25, 0.3) is 0 Å². The van der Waals surface area contributed by atoms with Gasteiger partial charge in [-0.05, 0) is 18.2 Å². The predicted molar refractivity (Wildman–Crippen MR) is 86.3 cm³/mol. The molecular formula is C13H16Cl2N2O3S. The number of hydrogen-bond acceptors (Lipinski definition) is 3. The van der Waals surface area contributed by atoms with Crippen LogP contribution in [0, 0.1) is 0 Å². The zero-order valence-electron chi connectivity index (χ0n) is 11.5. The molecule has 0 unspecified atom stereocenters. The highest BCUT2D eigenvalue weighted by Gasteiger charge is 2.16. The SMILES string of the molecule is C=CCN(CCC(=O)Nc1ccc(Cl)cc1Cl)S(C)(=O)=O. The van der Waals surface area contributed by atoms with Crippen LogP contribution in [-0.2, 0) is 14.8 Å². The number of rotatable bonds is 7. The van der Waals surface area contributed by atoms with Crippen molar-refractivity contribution in [2.45, 2.75) is 6.42 Å². The van der Waals surface area contributed by atoms with Crippen molar-refractivity contribution < 1.29 is 13.2 Å². The number of nitrogens with zero attached hydrogens (tertiary/aromatic N) is 1. The van der Waals surface area contributed by atoms with Crippen LogP contribution < -0.4 is 5.32 Å². The Labute approximate surface area is 134 Å². The zero-order chi connectivity index (χ0) is 16.0. The molecule has 0 saturated heterocycles. The van der Waals surface area contributed by atoms with Crippen LogP contribution in [0.4, 0.5) is 5.69 Å². The van der Waals surface area contributed by atoms with Crippen LogP contribution in [0.1, 0.15) is 6.42 Å². The molecule has 0 aliphatic rings. The molecule has 5 nitrogen and oxygen atoms in total. The summed E-state index contributed by atoms with van der Waals surface area (Å²) in [6, 6.07) is 4.70. The second kappa shape index (κ2) is 7.79. The Bertz CT molecular complexity index is 632. The zero-order valence-corrected chi connectivity index (χ0v) is 13.8. The molecule has 0 saturated carbocycles. The number of carbonyl (C=O) groups is 1. The number of amides is 1. The van der Waals surface area contributed by atoms with Crippen LogP contribution in [0.15, 0.2) is 30.9 Å². The Morgan fingerprint density at radius 2 is 2.10 bits per heavy atom. The first kappa shape index (κ1) is 18.0. The summed E-state index contributed by atoms with van der Waals surface area (Å²) in [4.78, 5) is 11.8. The quantitative estimate of drug-likeness (QED) is 0.768. The molecule has 0 bridgehead atoms. The Hall–Kier alpha value is -1.08. The number of halogens is 2. The van der Waals surface area contributed by atoms with Gasteiger partial charge in [-0.15, -0.1) is 6.58 Å². The van der Waals surface area contributed by atoms with Gasteiger partial charge in [0.1, 0.15) is 0 Å². The molecule has 1 rings (SSSR count). The van der Waals surface area contributed by atoms with Crippen LogP contribution in [0.5, 0.6) is 0 Å². The molecule has 0 fully saturated rings. The van der Waals surface area contributed by atoms with Gasteiger partial charge in [0.15, 0.2) is 0 Å². The maximum Gasteiger partial charge on any atom is 0.225 e. The van der Waals surface area contributed by atoms with Gasteiger partial charge in [0, 0.05) is 24.5 Å². The first-order valence-corrected chi connectivity index (χ1v) is 8.65. The Morgan fingerprint density at radius 3 is 2.62 bits per heavy atom. The van der Waals surface area contributed by atoms with Gasteiger partial charge in [-0.3, -0.25) is 4.79 Å². The minimum Gasteiger partial charge on any atom is -0.325 e. The number of sulfonamides is 1. The molecule has 0 aliphatic heterocycles. The molecule has 1 aromatic carbocycles. The molecule has 0 aromatic heterocycles. The topological polar surface area (TPSA) is 66.5 Å². The van der Waals surface area contributed by atoms with Crippen molar-refractivity contribution in [1.29, 1.82) is 0 Å². The minimum atomic E-state index is -3.37. The van der Waals surface area contributed by atoms with Crippen molar-refractivity contribution in [1.82, 2.24) is 4.31 Å². The molecule has 0 spiro atoms. The van der Waals surface area contributed by atoms with Crippen LogP contribution in [0.2, 0.25) is 10.0 Å². The number of anilines is 1. The average molecular weight is 351 g/mol. The fourth-order valence-electron chi connectivity index (χ4n) is 1.57. The molecule has 21 heavy (non-hydrogen) atoms. The molecule has 116 valence electrons. The summed E-state index contributed by atoms with van der Waals surface area (Å²) in [6.07, 6.45) is 2.57. The fourth-order valence-corrected chi connectivity index (χ4v) is 2.82. The molecule has 1 N–H and O–H groups in total. The lowest BCUT2D eigenvalue weighted by Gasteiger charge is -2.17. The summed E-state index contributed by atoms with van der Waals surface area (Å²) < 4.78 is 24.2. The van der Waals surface area contributed by atoms with E-state index in [1.165, 1.54) is 16.4 Å². The second-order valence-corrected chi connectivity index (χ2v) is 7.16. The van der Waals surface area contributed by atoms with Gasteiger partial charge in [-0.1, -0.05) is 29.3 Å². The standard InChI is InChI=1S/C13H16Cl2N2O3S/c1-3-7-17(21(2,19)20)8-6-13(18)16-12-5-4-10(14)9-11(12)15/h3-5,9H,1,6-8H2,2H3,(H,16,18). The van der Waals surface area contributed by atoms with Crippen molar-refractivity contribution >= 4 is 44.8 Å². The van der Waals surface area contributed by atoms with E-state index < -0.39 is 10.0 Å². The van der Waals surface area contributed by atoms with E-state index >= 15 is 0 Å². The van der Waals surface area contributed by atoms with Crippen molar-refractivity contribution in [2.24, 2.45) is 0 Å². The molecule has 0 radical (unpaired) electrons. The molecular weight excluding hydrogens is 335 g/mol. The van der Waals surface area contributed by atoms with Crippen LogP contribution in [0.25, 0.3) is 0 Å². The van der Waals surface area contributed by atoms with Crippen LogP contribution in [-0.4, -0.2) is 38.0 Å². The smallest absolute Gasteiger partial charge is 0.225 e. The van der Waals surface area contributed by atoms with E-state index in [-0.39, 0.29) is 25.4 Å². The van der Waals surface area contributed by atoms with E-state index in [4.69, 9.17) is 23.2 Å². The maximum atomic E-state index is 11.8. The van der Waals surface area contributed by atoms with Crippen molar-refractivity contribution in [3.8, 4) is 0 Å². The minimum absolute atomic E-state index is 0.0138. The Morgan fingerprint density at radius 1 is 1.43 bits per heavy atom. The summed E-state index contributed by atoms with van der Waals surface area (Å²) in [7, 11) is -3.37. The number of carbonyl (C=O) groups excluding carboxylic acids is 1. The van der Waals surface area contributed by atoms with E-state index in [0.29, 0.717) is 15.7 Å². The van der Waals surface area contributed by atoms with Crippen molar-refractivity contribution in [3.05, 3.63) is 40.9 Å². The van der Waals surface area contributed by atoms with E-state index in [0.717, 1.165) is 6.26 Å². The lowest BCUT2D eigenvalue weighted by Crippen LogP contribution is -2.33. The lowest BCUT2D eigenvalue weighted by molar-refractivity contribution is -0.116. The molecule has 0 atom stereocenters. The van der Waals surface area contributed by atoms with E-state index in [9.17, 15) is 13.2 Å². The third-order valence-corrected chi connectivity index (χ3v) is 4.41. The fraction of sp³-hybridized carbons (Fsp3) is 0.308. The third-order valence-electron chi connectivity index (χ3n) is 2.60. The van der Waals surface area contributed by atoms with E-state index in [1.54, 1.807) is 12.1 Å². The largest absolute Gasteiger partial charge is 0.325 e. The predicted octanol–water partition coefficient (Wildman–Crippen LogP) is 2.77. The van der Waals surface area contributed by atoms with Gasteiger partial charge in [0.05, 0.1) is 17.0 Å². The molecule has 0 heterocycles. The Kier molecular flexibility index (Phi) is 6.67. The highest BCUT2D eigenvalue weighted by molar-refractivity contribution is 7.88. The number of nitrogens with one attached hydrogen (secondary N) is 1. The number of benzene rings is 1. The van der Waals surface area contributed by atoms with Gasteiger partial charge in [0.2, 0.25) is 15.9 Å². The summed E-state index contributed by atoms with van der Waals surface area (Å²) >= 11 is 11.7. The van der Waals surface area contributed by atoms with Crippen LogP contribution in [0.3, 0.4) is 0 Å². The first-order valence-electron chi connectivity index (χ1n) is 6.05. The molecule has 0 aliphatic carbocycles. The number of hydrogen-bond donors (Lipinski definition) is 1. The monoisotopic (exact) mass is 350 g/mol. The van der Waals surface area contributed by atoms with Gasteiger partial charge < -0.3 is 5.32 Å². The molecule has 8 heteroatoms. The van der Waals surface area contributed by atoms with E-state index in [2.05, 4.69) is 11.9 Å².